The lowest BCUT2D eigenvalue weighted by molar-refractivity contribution is -0.0469. The molecule has 0 saturated carbocycles. The molecule has 0 fully saturated rings. The molecule has 0 atom stereocenters. The molecule has 32 heavy (non-hydrogen) atoms. The molecule has 0 aromatic heterocycles. The lowest BCUT2D eigenvalue weighted by atomic mass is 9.97. The second-order valence-electron chi connectivity index (χ2n) is 7.68. The minimum Gasteiger partial charge on any atom is -0.485 e. The van der Waals surface area contributed by atoms with Crippen LogP contribution in [0.15, 0.2) is 103 Å². The SMILES string of the molecule is CC(=O)c1cc(OCc2ccccc2)c2c(c1)OC(c1ccccc1)(c1ccccc1)O2. The monoisotopic (exact) mass is 422 g/mol. The summed E-state index contributed by atoms with van der Waals surface area (Å²) in [5.41, 5.74) is 3.22. The van der Waals surface area contributed by atoms with Gasteiger partial charge in [-0.05, 0) is 24.6 Å². The van der Waals surface area contributed by atoms with E-state index in [1.165, 1.54) is 6.92 Å². The molecule has 0 N–H and O–H groups in total. The van der Waals surface area contributed by atoms with Crippen molar-refractivity contribution in [2.45, 2.75) is 19.3 Å². The van der Waals surface area contributed by atoms with Crippen LogP contribution in [0.4, 0.5) is 0 Å². The fraction of sp³-hybridized carbons (Fsp3) is 0.107. The molecular weight excluding hydrogens is 400 g/mol. The molecule has 4 aromatic carbocycles. The average Bonchev–Trinajstić information content (AvgIpc) is 3.25. The minimum absolute atomic E-state index is 0.0714. The standard InChI is InChI=1S/C28H22O4/c1-20(29)22-17-25(30-19-21-11-5-2-6-12-21)27-26(18-22)31-28(32-27,23-13-7-3-8-14-23)24-15-9-4-10-16-24/h2-18H,19H2,1H3. The van der Waals surface area contributed by atoms with Crippen LogP contribution in [0.5, 0.6) is 17.2 Å². The van der Waals surface area contributed by atoms with E-state index in [-0.39, 0.29) is 5.78 Å². The lowest BCUT2D eigenvalue weighted by Gasteiger charge is -2.28. The Kier molecular flexibility index (Phi) is 5.12. The summed E-state index contributed by atoms with van der Waals surface area (Å²) < 4.78 is 19.2. The molecule has 5 rings (SSSR count). The summed E-state index contributed by atoms with van der Waals surface area (Å²) in [5.74, 6) is 0.195. The summed E-state index contributed by atoms with van der Waals surface area (Å²) >= 11 is 0. The van der Waals surface area contributed by atoms with Crippen LogP contribution < -0.4 is 14.2 Å². The van der Waals surface area contributed by atoms with Gasteiger partial charge in [0.25, 0.3) is 0 Å². The van der Waals surface area contributed by atoms with Crippen molar-refractivity contribution in [1.82, 2.24) is 0 Å². The molecular formula is C28H22O4. The third kappa shape index (κ3) is 3.60. The maximum absolute atomic E-state index is 12.2. The van der Waals surface area contributed by atoms with Gasteiger partial charge in [0.15, 0.2) is 17.3 Å². The van der Waals surface area contributed by atoms with E-state index >= 15 is 0 Å². The largest absolute Gasteiger partial charge is 0.485 e. The predicted molar refractivity (Wildman–Crippen MR) is 122 cm³/mol. The van der Waals surface area contributed by atoms with Gasteiger partial charge in [-0.25, -0.2) is 0 Å². The van der Waals surface area contributed by atoms with Gasteiger partial charge >= 0.3 is 5.79 Å². The number of ether oxygens (including phenoxy) is 3. The van der Waals surface area contributed by atoms with Gasteiger partial charge in [0, 0.05) is 16.7 Å². The number of hydrogen-bond acceptors (Lipinski definition) is 4. The van der Waals surface area contributed by atoms with Gasteiger partial charge in [0.05, 0.1) is 0 Å². The first-order valence-electron chi connectivity index (χ1n) is 10.5. The Balaban J connectivity index is 1.60. The van der Waals surface area contributed by atoms with Crippen LogP contribution in [0.1, 0.15) is 34.0 Å². The number of carbonyl (C=O) groups is 1. The quantitative estimate of drug-likeness (QED) is 0.350. The summed E-state index contributed by atoms with van der Waals surface area (Å²) in [6.45, 7) is 1.88. The van der Waals surface area contributed by atoms with Gasteiger partial charge in [0.2, 0.25) is 5.75 Å². The maximum Gasteiger partial charge on any atom is 0.305 e. The van der Waals surface area contributed by atoms with Gasteiger partial charge in [-0.3, -0.25) is 4.79 Å². The number of ketones is 1. The molecule has 1 aliphatic heterocycles. The molecule has 0 saturated heterocycles. The molecule has 0 radical (unpaired) electrons. The smallest absolute Gasteiger partial charge is 0.305 e. The zero-order chi connectivity index (χ0) is 22.0. The van der Waals surface area contributed by atoms with Crippen LogP contribution in [0.25, 0.3) is 0 Å². The molecule has 1 heterocycles. The maximum atomic E-state index is 12.2. The second kappa shape index (κ2) is 8.23. The number of hydrogen-bond donors (Lipinski definition) is 0. The Hall–Kier alpha value is -4.05. The first-order chi connectivity index (χ1) is 15.7. The highest BCUT2D eigenvalue weighted by atomic mass is 16.7. The summed E-state index contributed by atoms with van der Waals surface area (Å²) in [6.07, 6.45) is 0. The molecule has 4 heteroatoms. The molecule has 0 spiro atoms. The fourth-order valence-corrected chi connectivity index (χ4v) is 3.84. The first-order valence-corrected chi connectivity index (χ1v) is 10.5. The van der Waals surface area contributed by atoms with Gasteiger partial charge < -0.3 is 14.2 Å². The minimum atomic E-state index is -1.18. The molecule has 0 unspecified atom stereocenters. The van der Waals surface area contributed by atoms with E-state index < -0.39 is 5.79 Å². The summed E-state index contributed by atoms with van der Waals surface area (Å²) in [7, 11) is 0. The third-order valence-corrected chi connectivity index (χ3v) is 5.47. The lowest BCUT2D eigenvalue weighted by Crippen LogP contribution is -2.36. The highest BCUT2D eigenvalue weighted by Gasteiger charge is 2.47. The Labute approximate surface area is 187 Å². The van der Waals surface area contributed by atoms with E-state index in [0.717, 1.165) is 16.7 Å². The molecule has 4 aromatic rings. The van der Waals surface area contributed by atoms with Gasteiger partial charge in [-0.15, -0.1) is 0 Å². The van der Waals surface area contributed by atoms with E-state index in [1.54, 1.807) is 12.1 Å². The van der Waals surface area contributed by atoms with Crippen LogP contribution in [-0.2, 0) is 12.4 Å². The van der Waals surface area contributed by atoms with Crippen molar-refractivity contribution in [1.29, 1.82) is 0 Å². The third-order valence-electron chi connectivity index (χ3n) is 5.47. The van der Waals surface area contributed by atoms with Crippen molar-refractivity contribution in [2.75, 3.05) is 0 Å². The van der Waals surface area contributed by atoms with Gasteiger partial charge in [-0.2, -0.15) is 0 Å². The Bertz CT molecular complexity index is 1200. The topological polar surface area (TPSA) is 44.8 Å². The second-order valence-corrected chi connectivity index (χ2v) is 7.68. The number of carbonyl (C=O) groups excluding carboxylic acids is 1. The zero-order valence-corrected chi connectivity index (χ0v) is 17.7. The number of Topliss-reactive ketones (excluding diaryl/α,β-unsaturated/α-hetero) is 1. The number of fused-ring (bicyclic) bond motifs is 1. The Morgan fingerprint density at radius 3 is 1.91 bits per heavy atom. The molecule has 158 valence electrons. The predicted octanol–water partition coefficient (Wildman–Crippen LogP) is 6.14. The number of rotatable bonds is 6. The molecule has 0 aliphatic carbocycles. The Morgan fingerprint density at radius 2 is 1.34 bits per heavy atom. The summed E-state index contributed by atoms with van der Waals surface area (Å²) in [4.78, 5) is 12.2. The van der Waals surface area contributed by atoms with Crippen molar-refractivity contribution in [2.24, 2.45) is 0 Å². The normalized spacial score (nSPS) is 13.5. The average molecular weight is 422 g/mol. The van der Waals surface area contributed by atoms with E-state index in [9.17, 15) is 4.79 Å². The fourth-order valence-electron chi connectivity index (χ4n) is 3.84. The zero-order valence-electron chi connectivity index (χ0n) is 17.7. The van der Waals surface area contributed by atoms with Crippen molar-refractivity contribution >= 4 is 5.78 Å². The van der Waals surface area contributed by atoms with Crippen molar-refractivity contribution < 1.29 is 19.0 Å². The highest BCUT2D eigenvalue weighted by molar-refractivity contribution is 5.95. The molecule has 4 nitrogen and oxygen atoms in total. The van der Waals surface area contributed by atoms with Crippen LogP contribution in [-0.4, -0.2) is 5.78 Å². The van der Waals surface area contributed by atoms with Crippen LogP contribution in [0, 0.1) is 0 Å². The number of benzene rings is 4. The van der Waals surface area contributed by atoms with E-state index in [4.69, 9.17) is 14.2 Å². The summed E-state index contributed by atoms with van der Waals surface area (Å²) in [6, 6.07) is 32.9. The highest BCUT2D eigenvalue weighted by Crippen LogP contribution is 2.52. The van der Waals surface area contributed by atoms with Crippen molar-refractivity contribution in [3.05, 3.63) is 125 Å². The van der Waals surface area contributed by atoms with Crippen LogP contribution in [0.2, 0.25) is 0 Å². The van der Waals surface area contributed by atoms with E-state index in [1.807, 2.05) is 91.0 Å². The Morgan fingerprint density at radius 1 is 0.781 bits per heavy atom. The van der Waals surface area contributed by atoms with Crippen molar-refractivity contribution in [3.8, 4) is 17.2 Å². The van der Waals surface area contributed by atoms with E-state index in [0.29, 0.717) is 29.4 Å². The van der Waals surface area contributed by atoms with Gasteiger partial charge in [-0.1, -0.05) is 91.0 Å². The molecule has 1 aliphatic rings. The van der Waals surface area contributed by atoms with Crippen molar-refractivity contribution in [3.63, 3.8) is 0 Å². The van der Waals surface area contributed by atoms with Crippen LogP contribution in [0.3, 0.4) is 0 Å². The van der Waals surface area contributed by atoms with E-state index in [2.05, 4.69) is 0 Å². The van der Waals surface area contributed by atoms with Gasteiger partial charge in [0.1, 0.15) is 6.61 Å². The van der Waals surface area contributed by atoms with Crippen LogP contribution >= 0.6 is 0 Å². The first kappa shape index (κ1) is 19.9. The summed E-state index contributed by atoms with van der Waals surface area (Å²) in [5, 5.41) is 0. The molecule has 0 bridgehead atoms. The molecule has 0 amide bonds.